The number of hydrogen-bond acceptors (Lipinski definition) is 5. The molecule has 2 fully saturated rings. The smallest absolute Gasteiger partial charge is 0.319 e. The number of nitrogens with zero attached hydrogens (tertiary/aromatic N) is 3. The van der Waals surface area contributed by atoms with Gasteiger partial charge in [0.05, 0.1) is 37.7 Å². The third-order valence-electron chi connectivity index (χ3n) is 5.06. The Kier molecular flexibility index (Phi) is 6.87. The van der Waals surface area contributed by atoms with Crippen LogP contribution in [0, 0.1) is 5.92 Å². The minimum absolute atomic E-state index is 0.194. The van der Waals surface area contributed by atoms with Crippen molar-refractivity contribution < 1.29 is 14.3 Å². The van der Waals surface area contributed by atoms with Gasteiger partial charge in [0.2, 0.25) is 0 Å². The highest BCUT2D eigenvalue weighted by molar-refractivity contribution is 5.88. The highest BCUT2D eigenvalue weighted by Crippen LogP contribution is 2.15. The Morgan fingerprint density at radius 1 is 1.35 bits per heavy atom. The maximum Gasteiger partial charge on any atom is 0.319 e. The molecule has 2 aliphatic rings. The molecule has 0 aliphatic carbocycles. The number of carbonyl (C=O) groups is 1. The predicted molar refractivity (Wildman–Crippen MR) is 99.2 cm³/mol. The van der Waals surface area contributed by atoms with Crippen LogP contribution in [0.4, 0.5) is 10.5 Å². The Morgan fingerprint density at radius 3 is 2.85 bits per heavy atom. The summed E-state index contributed by atoms with van der Waals surface area (Å²) in [5.74, 6) is 0.461. The van der Waals surface area contributed by atoms with Crippen molar-refractivity contribution in [1.29, 1.82) is 0 Å². The first-order valence-corrected chi connectivity index (χ1v) is 9.62. The van der Waals surface area contributed by atoms with Crippen molar-refractivity contribution in [1.82, 2.24) is 20.0 Å². The number of anilines is 1. The molecule has 3 heterocycles. The maximum atomic E-state index is 12.2. The molecule has 1 aromatic heterocycles. The van der Waals surface area contributed by atoms with E-state index in [0.29, 0.717) is 24.2 Å². The highest BCUT2D eigenvalue weighted by atomic mass is 16.5. The molecule has 2 aliphatic heterocycles. The third kappa shape index (κ3) is 5.43. The molecule has 2 saturated heterocycles. The summed E-state index contributed by atoms with van der Waals surface area (Å²) in [6, 6.07) is 0.118. The minimum Gasteiger partial charge on any atom is -0.379 e. The lowest BCUT2D eigenvalue weighted by Gasteiger charge is -2.36. The minimum atomic E-state index is -0.194. The summed E-state index contributed by atoms with van der Waals surface area (Å²) in [6.07, 6.45) is 5.94. The van der Waals surface area contributed by atoms with E-state index in [4.69, 9.17) is 9.47 Å². The molecule has 2 atom stereocenters. The van der Waals surface area contributed by atoms with Crippen LogP contribution in [0.2, 0.25) is 0 Å². The van der Waals surface area contributed by atoms with Crippen LogP contribution in [-0.4, -0.2) is 72.3 Å². The molecule has 1 aromatic rings. The lowest BCUT2D eigenvalue weighted by molar-refractivity contribution is 0.00728. The van der Waals surface area contributed by atoms with Crippen molar-refractivity contribution >= 4 is 11.7 Å². The average molecular weight is 365 g/mol. The summed E-state index contributed by atoms with van der Waals surface area (Å²) in [7, 11) is 0. The van der Waals surface area contributed by atoms with Crippen LogP contribution in [0.3, 0.4) is 0 Å². The fourth-order valence-corrected chi connectivity index (χ4v) is 3.59. The maximum absolute atomic E-state index is 12.2. The molecule has 3 rings (SSSR count). The summed E-state index contributed by atoms with van der Waals surface area (Å²) < 4.78 is 12.9. The average Bonchev–Trinajstić information content (AvgIpc) is 3.28. The first-order chi connectivity index (χ1) is 12.6. The van der Waals surface area contributed by atoms with Crippen molar-refractivity contribution in [3.05, 3.63) is 12.4 Å². The standard InChI is InChI=1S/C18H31N5O3/c1-14(2)17(22-5-8-25-9-6-22)11-19-18(24)21-15-10-20-23(12-15)13-16-4-3-7-26-16/h10,12,14,16-17H,3-9,11,13H2,1-2H3,(H2,19,21,24). The van der Waals surface area contributed by atoms with Crippen LogP contribution in [0.25, 0.3) is 0 Å². The second-order valence-electron chi connectivity index (χ2n) is 7.38. The quantitative estimate of drug-likeness (QED) is 0.766. The molecule has 0 aromatic carbocycles. The molecule has 26 heavy (non-hydrogen) atoms. The first kappa shape index (κ1) is 19.1. The number of hydrogen-bond donors (Lipinski definition) is 2. The molecule has 8 heteroatoms. The van der Waals surface area contributed by atoms with E-state index in [1.54, 1.807) is 6.20 Å². The fourth-order valence-electron chi connectivity index (χ4n) is 3.59. The second-order valence-corrected chi connectivity index (χ2v) is 7.38. The number of aromatic nitrogens is 2. The summed E-state index contributed by atoms with van der Waals surface area (Å²) in [4.78, 5) is 14.6. The van der Waals surface area contributed by atoms with Crippen LogP contribution >= 0.6 is 0 Å². The molecule has 0 saturated carbocycles. The van der Waals surface area contributed by atoms with E-state index < -0.39 is 0 Å². The molecule has 2 amide bonds. The molecule has 0 radical (unpaired) electrons. The van der Waals surface area contributed by atoms with Crippen molar-refractivity contribution in [3.63, 3.8) is 0 Å². The first-order valence-electron chi connectivity index (χ1n) is 9.62. The SMILES string of the molecule is CC(C)C(CNC(=O)Nc1cnn(CC2CCCO2)c1)N1CCOCC1. The van der Waals surface area contributed by atoms with E-state index >= 15 is 0 Å². The largest absolute Gasteiger partial charge is 0.379 e. The monoisotopic (exact) mass is 365 g/mol. The number of nitrogens with one attached hydrogen (secondary N) is 2. The lowest BCUT2D eigenvalue weighted by atomic mass is 10.0. The molecule has 146 valence electrons. The van der Waals surface area contributed by atoms with E-state index in [1.807, 2.05) is 10.9 Å². The van der Waals surface area contributed by atoms with Gasteiger partial charge in [0.15, 0.2) is 0 Å². The van der Waals surface area contributed by atoms with E-state index in [1.165, 1.54) is 0 Å². The van der Waals surface area contributed by atoms with Gasteiger partial charge in [0, 0.05) is 38.5 Å². The molecule has 2 N–H and O–H groups in total. The number of ether oxygens (including phenoxy) is 2. The van der Waals surface area contributed by atoms with Gasteiger partial charge >= 0.3 is 6.03 Å². The van der Waals surface area contributed by atoms with E-state index in [-0.39, 0.29) is 12.1 Å². The third-order valence-corrected chi connectivity index (χ3v) is 5.06. The van der Waals surface area contributed by atoms with Crippen LogP contribution in [0.15, 0.2) is 12.4 Å². The normalized spacial score (nSPS) is 22.5. The van der Waals surface area contributed by atoms with Crippen molar-refractivity contribution in [2.24, 2.45) is 5.92 Å². The van der Waals surface area contributed by atoms with Gasteiger partial charge in [-0.15, -0.1) is 0 Å². The van der Waals surface area contributed by atoms with E-state index in [0.717, 1.165) is 52.3 Å². The molecule has 2 unspecified atom stereocenters. The topological polar surface area (TPSA) is 80.7 Å². The fraction of sp³-hybridized carbons (Fsp3) is 0.778. The Bertz CT molecular complexity index is 565. The van der Waals surface area contributed by atoms with Crippen molar-refractivity contribution in [3.8, 4) is 0 Å². The van der Waals surface area contributed by atoms with Crippen molar-refractivity contribution in [2.45, 2.75) is 45.4 Å². The van der Waals surface area contributed by atoms with E-state index in [9.17, 15) is 4.79 Å². The van der Waals surface area contributed by atoms with Crippen molar-refractivity contribution in [2.75, 3.05) is 44.8 Å². The summed E-state index contributed by atoms with van der Waals surface area (Å²) in [6.45, 7) is 9.93. The van der Waals surface area contributed by atoms with Gasteiger partial charge in [-0.3, -0.25) is 9.58 Å². The Balaban J connectivity index is 1.44. The van der Waals surface area contributed by atoms with Gasteiger partial charge in [-0.1, -0.05) is 13.8 Å². The second kappa shape index (κ2) is 9.34. The van der Waals surface area contributed by atoms with E-state index in [2.05, 4.69) is 34.5 Å². The number of amides is 2. The number of rotatable bonds is 7. The van der Waals surface area contributed by atoms with Crippen LogP contribution in [0.5, 0.6) is 0 Å². The molecule has 8 nitrogen and oxygen atoms in total. The summed E-state index contributed by atoms with van der Waals surface area (Å²) in [5.41, 5.74) is 0.702. The Morgan fingerprint density at radius 2 is 2.15 bits per heavy atom. The zero-order chi connectivity index (χ0) is 18.4. The van der Waals surface area contributed by atoms with Crippen LogP contribution < -0.4 is 10.6 Å². The van der Waals surface area contributed by atoms with Gasteiger partial charge in [0.25, 0.3) is 0 Å². The Hall–Kier alpha value is -1.64. The van der Waals surface area contributed by atoms with Gasteiger partial charge in [0.1, 0.15) is 0 Å². The van der Waals surface area contributed by atoms with Gasteiger partial charge in [-0.25, -0.2) is 4.79 Å². The summed E-state index contributed by atoms with van der Waals surface area (Å²) >= 11 is 0. The van der Waals surface area contributed by atoms with Crippen LogP contribution in [0.1, 0.15) is 26.7 Å². The lowest BCUT2D eigenvalue weighted by Crippen LogP contribution is -2.51. The highest BCUT2D eigenvalue weighted by Gasteiger charge is 2.24. The molecule has 0 spiro atoms. The number of urea groups is 1. The van der Waals surface area contributed by atoms with Crippen LogP contribution in [-0.2, 0) is 16.0 Å². The summed E-state index contributed by atoms with van der Waals surface area (Å²) in [5, 5.41) is 10.2. The Labute approximate surface area is 155 Å². The number of morpholine rings is 1. The van der Waals surface area contributed by atoms with Gasteiger partial charge < -0.3 is 20.1 Å². The molecular formula is C18H31N5O3. The predicted octanol–water partition coefficient (Wildman–Crippen LogP) is 1.54. The van der Waals surface area contributed by atoms with Gasteiger partial charge in [-0.2, -0.15) is 5.10 Å². The zero-order valence-corrected chi connectivity index (χ0v) is 15.8. The number of carbonyl (C=O) groups excluding carboxylic acids is 1. The zero-order valence-electron chi connectivity index (χ0n) is 15.8. The van der Waals surface area contributed by atoms with Gasteiger partial charge in [-0.05, 0) is 18.8 Å². The molecular weight excluding hydrogens is 334 g/mol. The molecule has 0 bridgehead atoms.